The molecule has 1 heterocycles. The Morgan fingerprint density at radius 1 is 1.13 bits per heavy atom. The smallest absolute Gasteiger partial charge is 0.412 e. The lowest BCUT2D eigenvalue weighted by Gasteiger charge is -2.36. The van der Waals surface area contributed by atoms with Crippen molar-refractivity contribution in [2.45, 2.75) is 59.0 Å². The number of fused-ring (bicyclic) bond motifs is 1. The summed E-state index contributed by atoms with van der Waals surface area (Å²) in [6.07, 6.45) is 3.99. The molecule has 0 bridgehead atoms. The fraction of sp³-hybridized carbons (Fsp3) is 0.360. The van der Waals surface area contributed by atoms with Crippen molar-refractivity contribution in [2.24, 2.45) is 0 Å². The van der Waals surface area contributed by atoms with Crippen LogP contribution in [0.5, 0.6) is 0 Å². The molecule has 158 valence electrons. The van der Waals surface area contributed by atoms with E-state index in [1.807, 2.05) is 69.3 Å². The second-order valence-corrected chi connectivity index (χ2v) is 8.43. The first-order valence-electron chi connectivity index (χ1n) is 10.5. The summed E-state index contributed by atoms with van der Waals surface area (Å²) in [5.74, 6) is 1.02. The first-order chi connectivity index (χ1) is 14.3. The molecule has 0 aliphatic carbocycles. The van der Waals surface area contributed by atoms with Gasteiger partial charge in [-0.05, 0) is 71.2 Å². The topological polar surface area (TPSA) is 58.4 Å². The summed E-state index contributed by atoms with van der Waals surface area (Å²) in [7, 11) is 0. The van der Waals surface area contributed by atoms with Gasteiger partial charge in [-0.3, -0.25) is 4.90 Å². The first kappa shape index (κ1) is 21.6. The summed E-state index contributed by atoms with van der Waals surface area (Å²) in [4.78, 5) is 18.0. The van der Waals surface area contributed by atoms with Crippen molar-refractivity contribution in [1.29, 1.82) is 0 Å². The molecule has 0 radical (unpaired) electrons. The molecule has 1 N–H and O–H groups in total. The predicted molar refractivity (Wildman–Crippen MR) is 123 cm³/mol. The molecule has 0 fully saturated rings. The van der Waals surface area contributed by atoms with Crippen LogP contribution in [-0.4, -0.2) is 26.3 Å². The normalized spacial score (nSPS) is 12.3. The van der Waals surface area contributed by atoms with E-state index in [9.17, 15) is 9.90 Å². The minimum absolute atomic E-state index is 0.482. The highest BCUT2D eigenvalue weighted by molar-refractivity contribution is 5.87. The number of carbonyl (C=O) groups is 1. The van der Waals surface area contributed by atoms with Crippen molar-refractivity contribution < 1.29 is 9.90 Å². The van der Waals surface area contributed by atoms with E-state index in [1.54, 1.807) is 0 Å². The molecule has 5 heteroatoms. The third-order valence-electron chi connectivity index (χ3n) is 5.64. The van der Waals surface area contributed by atoms with Gasteiger partial charge in [0.25, 0.3) is 0 Å². The summed E-state index contributed by atoms with van der Waals surface area (Å²) in [6, 6.07) is 17.5. The molecule has 0 saturated heterocycles. The molecule has 0 aliphatic rings. The number of aryl methyl sites for hydroxylation is 1. The SMILES string of the molecule is C/C(=C\Cn1c(C)nc2ccccc21)CCCC(C)(C)N(C(=O)O)c1ccccc1. The van der Waals surface area contributed by atoms with E-state index in [1.165, 1.54) is 10.5 Å². The molecule has 0 spiro atoms. The number of anilines is 1. The Bertz CT molecular complexity index is 1030. The van der Waals surface area contributed by atoms with E-state index >= 15 is 0 Å². The van der Waals surface area contributed by atoms with Crippen LogP contribution >= 0.6 is 0 Å². The Labute approximate surface area is 178 Å². The lowest BCUT2D eigenvalue weighted by atomic mass is 9.93. The zero-order chi connectivity index (χ0) is 21.7. The maximum absolute atomic E-state index is 11.9. The van der Waals surface area contributed by atoms with E-state index in [0.29, 0.717) is 5.69 Å². The number of rotatable bonds is 8. The Morgan fingerprint density at radius 2 is 1.80 bits per heavy atom. The first-order valence-corrected chi connectivity index (χ1v) is 10.5. The Kier molecular flexibility index (Phi) is 6.60. The number of hydrogen-bond donors (Lipinski definition) is 1. The number of nitrogens with zero attached hydrogens (tertiary/aromatic N) is 3. The van der Waals surface area contributed by atoms with Crippen LogP contribution in [0.4, 0.5) is 10.5 Å². The van der Waals surface area contributed by atoms with Crippen molar-refractivity contribution in [3.05, 3.63) is 72.1 Å². The zero-order valence-corrected chi connectivity index (χ0v) is 18.3. The fourth-order valence-corrected chi connectivity index (χ4v) is 3.98. The second-order valence-electron chi connectivity index (χ2n) is 8.43. The van der Waals surface area contributed by atoms with Gasteiger partial charge in [0, 0.05) is 17.8 Å². The van der Waals surface area contributed by atoms with E-state index in [4.69, 9.17) is 0 Å². The number of aromatic nitrogens is 2. The highest BCUT2D eigenvalue weighted by atomic mass is 16.4. The minimum atomic E-state index is -0.916. The van der Waals surface area contributed by atoms with Crippen LogP contribution in [-0.2, 0) is 6.54 Å². The maximum atomic E-state index is 11.9. The molecule has 30 heavy (non-hydrogen) atoms. The van der Waals surface area contributed by atoms with Crippen LogP contribution < -0.4 is 4.90 Å². The van der Waals surface area contributed by atoms with Gasteiger partial charge in [0.15, 0.2) is 0 Å². The van der Waals surface area contributed by atoms with E-state index in [-0.39, 0.29) is 0 Å². The van der Waals surface area contributed by atoms with Crippen LogP contribution in [0.1, 0.15) is 45.9 Å². The van der Waals surface area contributed by atoms with Gasteiger partial charge in [-0.2, -0.15) is 0 Å². The summed E-state index contributed by atoms with van der Waals surface area (Å²) < 4.78 is 2.23. The third kappa shape index (κ3) is 4.90. The van der Waals surface area contributed by atoms with Crippen molar-refractivity contribution in [1.82, 2.24) is 9.55 Å². The molecular formula is C25H31N3O2. The lowest BCUT2D eigenvalue weighted by molar-refractivity contribution is 0.193. The lowest BCUT2D eigenvalue weighted by Crippen LogP contribution is -2.47. The molecule has 2 aromatic carbocycles. The monoisotopic (exact) mass is 405 g/mol. The van der Waals surface area contributed by atoms with Crippen molar-refractivity contribution in [3.8, 4) is 0 Å². The predicted octanol–water partition coefficient (Wildman–Crippen LogP) is 6.42. The molecule has 0 aliphatic heterocycles. The van der Waals surface area contributed by atoms with Crippen molar-refractivity contribution in [3.63, 3.8) is 0 Å². The summed E-state index contributed by atoms with van der Waals surface area (Å²) in [5, 5.41) is 9.78. The van der Waals surface area contributed by atoms with Crippen molar-refractivity contribution in [2.75, 3.05) is 4.90 Å². The number of carboxylic acid groups (broad SMARTS) is 1. The third-order valence-corrected chi connectivity index (χ3v) is 5.64. The molecule has 0 saturated carbocycles. The van der Waals surface area contributed by atoms with Crippen LogP contribution in [0.15, 0.2) is 66.2 Å². The molecule has 3 aromatic rings. The molecule has 0 atom stereocenters. The van der Waals surface area contributed by atoms with Gasteiger partial charge in [-0.1, -0.05) is 42.0 Å². The molecule has 1 amide bonds. The number of para-hydroxylation sites is 3. The number of amides is 1. The zero-order valence-electron chi connectivity index (χ0n) is 18.3. The van der Waals surface area contributed by atoms with Gasteiger partial charge < -0.3 is 9.67 Å². The minimum Gasteiger partial charge on any atom is -0.465 e. The molecule has 0 unspecified atom stereocenters. The summed E-state index contributed by atoms with van der Waals surface area (Å²) in [5.41, 5.74) is 3.72. The van der Waals surface area contributed by atoms with Gasteiger partial charge in [-0.25, -0.2) is 9.78 Å². The van der Waals surface area contributed by atoms with Gasteiger partial charge in [0.05, 0.1) is 11.0 Å². The van der Waals surface area contributed by atoms with E-state index in [2.05, 4.69) is 28.6 Å². The number of allylic oxidation sites excluding steroid dienone is 2. The molecule has 5 nitrogen and oxygen atoms in total. The van der Waals surface area contributed by atoms with Gasteiger partial charge in [0.1, 0.15) is 5.82 Å². The van der Waals surface area contributed by atoms with Crippen LogP contribution in [0.3, 0.4) is 0 Å². The fourth-order valence-electron chi connectivity index (χ4n) is 3.98. The largest absolute Gasteiger partial charge is 0.465 e. The molecule has 3 rings (SSSR count). The van der Waals surface area contributed by atoms with E-state index < -0.39 is 11.6 Å². The van der Waals surface area contributed by atoms with Gasteiger partial charge in [-0.15, -0.1) is 0 Å². The average molecular weight is 406 g/mol. The van der Waals surface area contributed by atoms with Crippen LogP contribution in [0, 0.1) is 6.92 Å². The Balaban J connectivity index is 1.61. The van der Waals surface area contributed by atoms with Crippen molar-refractivity contribution >= 4 is 22.8 Å². The number of benzene rings is 2. The summed E-state index contributed by atoms with van der Waals surface area (Å²) in [6.45, 7) is 8.97. The second kappa shape index (κ2) is 9.16. The molecule has 1 aromatic heterocycles. The van der Waals surface area contributed by atoms with Crippen LogP contribution in [0.2, 0.25) is 0 Å². The maximum Gasteiger partial charge on any atom is 0.412 e. The summed E-state index contributed by atoms with van der Waals surface area (Å²) >= 11 is 0. The average Bonchev–Trinajstić information content (AvgIpc) is 3.01. The van der Waals surface area contributed by atoms with Gasteiger partial charge >= 0.3 is 6.09 Å². The van der Waals surface area contributed by atoms with Crippen LogP contribution in [0.25, 0.3) is 11.0 Å². The standard InChI is InChI=1S/C25H31N3O2/c1-19(16-18-27-20(2)26-22-14-8-9-15-23(22)27)11-10-17-25(3,4)28(24(29)30)21-12-6-5-7-13-21/h5-9,12-16H,10-11,17-18H2,1-4H3,(H,29,30)/b19-16+. The Hall–Kier alpha value is -3.08. The quantitative estimate of drug-likeness (QED) is 0.440. The number of imidazole rings is 1. The highest BCUT2D eigenvalue weighted by Gasteiger charge is 2.31. The molecular weight excluding hydrogens is 374 g/mol. The van der Waals surface area contributed by atoms with E-state index in [0.717, 1.165) is 42.7 Å². The van der Waals surface area contributed by atoms with Gasteiger partial charge in [0.2, 0.25) is 0 Å². The Morgan fingerprint density at radius 3 is 2.50 bits per heavy atom. The number of hydrogen-bond acceptors (Lipinski definition) is 2. The highest BCUT2D eigenvalue weighted by Crippen LogP contribution is 2.29.